The third kappa shape index (κ3) is 8.93. The monoisotopic (exact) mass is 540 g/mol. The zero-order valence-corrected chi connectivity index (χ0v) is 22.8. The number of nitrogens with one attached hydrogen (secondary N) is 2. The second-order valence-corrected chi connectivity index (χ2v) is 10.7. The van der Waals surface area contributed by atoms with E-state index in [1.54, 1.807) is 38.1 Å². The first-order valence-corrected chi connectivity index (χ1v) is 13.7. The standard InChI is InChI=1S/C32H32N2O4S/c1-23(31(35)33-27-13-17-29(18-14-27)37-21-25-9-5-3-6-10-25)39-24(2)32(36)34-28-15-19-30(20-16-28)38-22-26-11-7-4-8-12-26/h3-20,23-24H,21-22H2,1-2H3,(H,33,35)(H,34,36)/t23-,24-/m1/s1. The smallest absolute Gasteiger partial charge is 0.237 e. The van der Waals surface area contributed by atoms with E-state index in [4.69, 9.17) is 9.47 Å². The van der Waals surface area contributed by atoms with E-state index < -0.39 is 10.5 Å². The average Bonchev–Trinajstić information content (AvgIpc) is 2.97. The first-order valence-electron chi connectivity index (χ1n) is 12.8. The molecule has 4 rings (SSSR count). The van der Waals surface area contributed by atoms with E-state index in [-0.39, 0.29) is 11.8 Å². The molecule has 0 saturated carbocycles. The zero-order chi connectivity index (χ0) is 27.5. The van der Waals surface area contributed by atoms with Crippen molar-refractivity contribution in [2.75, 3.05) is 10.6 Å². The average molecular weight is 541 g/mol. The summed E-state index contributed by atoms with van der Waals surface area (Å²) in [5, 5.41) is 4.97. The van der Waals surface area contributed by atoms with Gasteiger partial charge in [0.15, 0.2) is 0 Å². The Kier molecular flexibility index (Phi) is 10.0. The number of ether oxygens (including phenoxy) is 2. The van der Waals surface area contributed by atoms with Gasteiger partial charge in [-0.15, -0.1) is 11.8 Å². The SMILES string of the molecule is C[C@@H](S[C@H](C)C(=O)Nc1ccc(OCc2ccccc2)cc1)C(=O)Nc1ccc(OCc2ccccc2)cc1. The van der Waals surface area contributed by atoms with Gasteiger partial charge < -0.3 is 20.1 Å². The minimum absolute atomic E-state index is 0.169. The summed E-state index contributed by atoms with van der Waals surface area (Å²) in [6.07, 6.45) is 0. The molecule has 4 aromatic rings. The van der Waals surface area contributed by atoms with E-state index >= 15 is 0 Å². The van der Waals surface area contributed by atoms with Gasteiger partial charge in [-0.3, -0.25) is 9.59 Å². The molecule has 2 amide bonds. The van der Waals surface area contributed by atoms with Gasteiger partial charge in [0.05, 0.1) is 10.5 Å². The fourth-order valence-electron chi connectivity index (χ4n) is 3.67. The maximum absolute atomic E-state index is 12.7. The summed E-state index contributed by atoms with van der Waals surface area (Å²) < 4.78 is 11.6. The second-order valence-electron chi connectivity index (χ2n) is 9.00. The van der Waals surface area contributed by atoms with Crippen LogP contribution in [0.5, 0.6) is 11.5 Å². The highest BCUT2D eigenvalue weighted by Crippen LogP contribution is 2.23. The summed E-state index contributed by atoms with van der Waals surface area (Å²) in [4.78, 5) is 25.4. The molecule has 6 nitrogen and oxygen atoms in total. The lowest BCUT2D eigenvalue weighted by molar-refractivity contribution is -0.115. The lowest BCUT2D eigenvalue weighted by Gasteiger charge is -2.17. The maximum Gasteiger partial charge on any atom is 0.237 e. The summed E-state index contributed by atoms with van der Waals surface area (Å²) >= 11 is 1.30. The molecule has 200 valence electrons. The predicted octanol–water partition coefficient (Wildman–Crippen LogP) is 6.93. The van der Waals surface area contributed by atoms with Crippen LogP contribution < -0.4 is 20.1 Å². The lowest BCUT2D eigenvalue weighted by Crippen LogP contribution is -2.29. The van der Waals surface area contributed by atoms with Gasteiger partial charge in [-0.05, 0) is 73.5 Å². The number of thioether (sulfide) groups is 1. The van der Waals surface area contributed by atoms with E-state index in [0.717, 1.165) is 22.6 Å². The molecular weight excluding hydrogens is 508 g/mol. The number of amides is 2. The van der Waals surface area contributed by atoms with Crippen LogP contribution in [0.3, 0.4) is 0 Å². The van der Waals surface area contributed by atoms with E-state index in [2.05, 4.69) is 10.6 Å². The van der Waals surface area contributed by atoms with Crippen molar-refractivity contribution in [3.05, 3.63) is 120 Å². The normalized spacial score (nSPS) is 12.2. The van der Waals surface area contributed by atoms with Crippen molar-refractivity contribution in [3.63, 3.8) is 0 Å². The van der Waals surface area contributed by atoms with E-state index in [1.807, 2.05) is 84.9 Å². The van der Waals surface area contributed by atoms with Crippen LogP contribution in [-0.4, -0.2) is 22.3 Å². The van der Waals surface area contributed by atoms with Gasteiger partial charge in [0.25, 0.3) is 0 Å². The fourth-order valence-corrected chi connectivity index (χ4v) is 4.65. The lowest BCUT2D eigenvalue weighted by atomic mass is 10.2. The number of hydrogen-bond acceptors (Lipinski definition) is 5. The Morgan fingerprint density at radius 2 is 0.949 bits per heavy atom. The molecule has 0 aliphatic carbocycles. The molecule has 0 spiro atoms. The van der Waals surface area contributed by atoms with Crippen molar-refractivity contribution in [1.82, 2.24) is 0 Å². The first-order chi connectivity index (χ1) is 19.0. The summed E-state index contributed by atoms with van der Waals surface area (Å²) in [5.41, 5.74) is 3.52. The zero-order valence-electron chi connectivity index (χ0n) is 22.0. The Bertz CT molecular complexity index is 1230. The molecule has 0 aromatic heterocycles. The van der Waals surface area contributed by atoms with Crippen LogP contribution in [0.25, 0.3) is 0 Å². The Balaban J connectivity index is 1.19. The van der Waals surface area contributed by atoms with E-state index in [9.17, 15) is 9.59 Å². The molecule has 39 heavy (non-hydrogen) atoms. The van der Waals surface area contributed by atoms with Crippen LogP contribution in [0, 0.1) is 0 Å². The maximum atomic E-state index is 12.7. The Hall–Kier alpha value is -4.23. The first kappa shape index (κ1) is 27.8. The predicted molar refractivity (Wildman–Crippen MR) is 158 cm³/mol. The number of rotatable bonds is 12. The Morgan fingerprint density at radius 3 is 1.31 bits per heavy atom. The van der Waals surface area contributed by atoms with Gasteiger partial charge in [0.1, 0.15) is 24.7 Å². The van der Waals surface area contributed by atoms with Crippen LogP contribution >= 0.6 is 11.8 Å². The van der Waals surface area contributed by atoms with E-state index in [1.165, 1.54) is 11.8 Å². The molecule has 0 aliphatic rings. The minimum Gasteiger partial charge on any atom is -0.489 e. The quantitative estimate of drug-likeness (QED) is 0.204. The molecule has 0 heterocycles. The van der Waals surface area contributed by atoms with Gasteiger partial charge in [0, 0.05) is 11.4 Å². The van der Waals surface area contributed by atoms with Gasteiger partial charge in [-0.1, -0.05) is 60.7 Å². The molecule has 2 atom stereocenters. The van der Waals surface area contributed by atoms with Crippen LogP contribution in [-0.2, 0) is 22.8 Å². The van der Waals surface area contributed by atoms with Crippen LogP contribution in [0.15, 0.2) is 109 Å². The minimum atomic E-state index is -0.423. The van der Waals surface area contributed by atoms with Gasteiger partial charge in [0.2, 0.25) is 11.8 Å². The summed E-state index contributed by atoms with van der Waals surface area (Å²) in [6.45, 7) is 4.54. The molecular formula is C32H32N2O4S. The highest BCUT2D eigenvalue weighted by atomic mass is 32.2. The van der Waals surface area contributed by atoms with Crippen LogP contribution in [0.4, 0.5) is 11.4 Å². The largest absolute Gasteiger partial charge is 0.489 e. The number of benzene rings is 4. The molecule has 0 radical (unpaired) electrons. The van der Waals surface area contributed by atoms with Gasteiger partial charge in [-0.25, -0.2) is 0 Å². The molecule has 0 fully saturated rings. The number of anilines is 2. The van der Waals surface area contributed by atoms with Crippen molar-refractivity contribution in [2.24, 2.45) is 0 Å². The fraction of sp³-hybridized carbons (Fsp3) is 0.188. The van der Waals surface area contributed by atoms with Crippen LogP contribution in [0.1, 0.15) is 25.0 Å². The van der Waals surface area contributed by atoms with Gasteiger partial charge in [-0.2, -0.15) is 0 Å². The summed E-state index contributed by atoms with van der Waals surface area (Å²) in [5.74, 6) is 1.11. The number of hydrogen-bond donors (Lipinski definition) is 2. The highest BCUT2D eigenvalue weighted by Gasteiger charge is 2.22. The third-order valence-corrected chi connectivity index (χ3v) is 7.13. The summed E-state index contributed by atoms with van der Waals surface area (Å²) in [7, 11) is 0. The van der Waals surface area contributed by atoms with Crippen molar-refractivity contribution in [2.45, 2.75) is 37.6 Å². The molecule has 0 bridgehead atoms. The van der Waals surface area contributed by atoms with Gasteiger partial charge >= 0.3 is 0 Å². The molecule has 0 aliphatic heterocycles. The van der Waals surface area contributed by atoms with Crippen molar-refractivity contribution < 1.29 is 19.1 Å². The van der Waals surface area contributed by atoms with Crippen LogP contribution in [0.2, 0.25) is 0 Å². The number of carbonyl (C=O) groups excluding carboxylic acids is 2. The van der Waals surface area contributed by atoms with Crippen molar-refractivity contribution in [3.8, 4) is 11.5 Å². The van der Waals surface area contributed by atoms with Crippen molar-refractivity contribution >= 4 is 35.0 Å². The molecule has 7 heteroatoms. The second kappa shape index (κ2) is 14.1. The summed E-state index contributed by atoms with van der Waals surface area (Å²) in [6, 6.07) is 34.4. The molecule has 4 aromatic carbocycles. The molecule has 0 saturated heterocycles. The topological polar surface area (TPSA) is 76.7 Å². The molecule has 0 unspecified atom stereocenters. The highest BCUT2D eigenvalue weighted by molar-refractivity contribution is 8.01. The Labute approximate surface area is 233 Å². The van der Waals surface area contributed by atoms with E-state index in [0.29, 0.717) is 24.6 Å². The Morgan fingerprint density at radius 1 is 0.590 bits per heavy atom. The number of carbonyl (C=O) groups is 2. The van der Waals surface area contributed by atoms with Crippen molar-refractivity contribution in [1.29, 1.82) is 0 Å². The third-order valence-electron chi connectivity index (χ3n) is 5.89. The molecule has 2 N–H and O–H groups in total.